The fourth-order valence-corrected chi connectivity index (χ4v) is 2.98. The lowest BCUT2D eigenvalue weighted by Gasteiger charge is -2.11. The van der Waals surface area contributed by atoms with E-state index in [0.717, 1.165) is 24.0 Å². The fraction of sp³-hybridized carbons (Fsp3) is 0.412. The van der Waals surface area contributed by atoms with Crippen LogP contribution in [0.5, 0.6) is 0 Å². The second kappa shape index (κ2) is 11.3. The molecule has 0 radical (unpaired) electrons. The summed E-state index contributed by atoms with van der Waals surface area (Å²) in [5.41, 5.74) is 0.620. The van der Waals surface area contributed by atoms with E-state index in [1.807, 2.05) is 20.0 Å². The first-order valence-corrected chi connectivity index (χ1v) is 8.77. The summed E-state index contributed by atoms with van der Waals surface area (Å²) >= 11 is 1.68. The normalized spacial score (nSPS) is 11.1. The largest absolute Gasteiger partial charge is 0.357 e. The third-order valence-corrected chi connectivity index (χ3v) is 4.21. The van der Waals surface area contributed by atoms with Crippen LogP contribution in [0.1, 0.15) is 22.4 Å². The molecule has 2 aromatic rings. The van der Waals surface area contributed by atoms with Crippen LogP contribution in [0.4, 0.5) is 8.78 Å². The van der Waals surface area contributed by atoms with Crippen molar-refractivity contribution in [1.82, 2.24) is 15.6 Å². The summed E-state index contributed by atoms with van der Waals surface area (Å²) in [6, 6.07) is 3.57. The maximum Gasteiger partial charge on any atom is 0.191 e. The van der Waals surface area contributed by atoms with E-state index in [-0.39, 0.29) is 24.0 Å². The predicted molar refractivity (Wildman–Crippen MR) is 110 cm³/mol. The number of rotatable bonds is 7. The predicted octanol–water partition coefficient (Wildman–Crippen LogP) is 3.69. The van der Waals surface area contributed by atoms with Gasteiger partial charge in [0.1, 0.15) is 11.6 Å². The lowest BCUT2D eigenvalue weighted by molar-refractivity contribution is 0.579. The average molecular weight is 480 g/mol. The molecule has 1 heterocycles. The van der Waals surface area contributed by atoms with Crippen LogP contribution in [-0.2, 0) is 12.8 Å². The Kier molecular flexibility index (Phi) is 9.88. The maximum atomic E-state index is 13.2. The molecule has 0 aliphatic rings. The zero-order valence-corrected chi connectivity index (χ0v) is 17.5. The Bertz CT molecular complexity index is 671. The molecule has 0 saturated heterocycles. The zero-order valence-electron chi connectivity index (χ0n) is 14.3. The molecule has 0 spiro atoms. The number of nitrogens with zero attached hydrogens (tertiary/aromatic N) is 2. The summed E-state index contributed by atoms with van der Waals surface area (Å²) in [5, 5.41) is 7.41. The molecule has 1 aromatic heterocycles. The van der Waals surface area contributed by atoms with E-state index in [4.69, 9.17) is 0 Å². The minimum absolute atomic E-state index is 0. The lowest BCUT2D eigenvalue weighted by Crippen LogP contribution is -2.38. The Morgan fingerprint density at radius 1 is 1.16 bits per heavy atom. The molecular formula is C17H23F2IN4S. The molecule has 2 N–H and O–H groups in total. The molecular weight excluding hydrogens is 457 g/mol. The fourth-order valence-electron chi connectivity index (χ4n) is 2.20. The number of thiazole rings is 1. The number of hydrogen-bond acceptors (Lipinski definition) is 3. The second-order valence-electron chi connectivity index (χ2n) is 5.33. The van der Waals surface area contributed by atoms with E-state index in [9.17, 15) is 8.78 Å². The number of aliphatic imine (C=N–C) groups is 1. The number of aryl methyl sites for hydroxylation is 1. The molecule has 25 heavy (non-hydrogen) atoms. The van der Waals surface area contributed by atoms with Crippen molar-refractivity contribution in [1.29, 1.82) is 0 Å². The van der Waals surface area contributed by atoms with Crippen molar-refractivity contribution in [2.24, 2.45) is 4.99 Å². The van der Waals surface area contributed by atoms with Crippen LogP contribution in [0.2, 0.25) is 0 Å². The van der Waals surface area contributed by atoms with Crippen molar-refractivity contribution in [3.05, 3.63) is 51.5 Å². The van der Waals surface area contributed by atoms with Crippen LogP contribution < -0.4 is 10.6 Å². The van der Waals surface area contributed by atoms with E-state index in [0.29, 0.717) is 31.0 Å². The van der Waals surface area contributed by atoms with Gasteiger partial charge in [-0.15, -0.1) is 35.3 Å². The van der Waals surface area contributed by atoms with Gasteiger partial charge in [0.2, 0.25) is 0 Å². The highest BCUT2D eigenvalue weighted by Crippen LogP contribution is 2.11. The number of nitrogens with one attached hydrogen (secondary N) is 2. The van der Waals surface area contributed by atoms with Crippen molar-refractivity contribution in [2.45, 2.75) is 26.7 Å². The minimum Gasteiger partial charge on any atom is -0.357 e. The van der Waals surface area contributed by atoms with E-state index in [2.05, 4.69) is 20.6 Å². The van der Waals surface area contributed by atoms with E-state index >= 15 is 0 Å². The van der Waals surface area contributed by atoms with Gasteiger partial charge in [-0.25, -0.2) is 13.8 Å². The summed E-state index contributed by atoms with van der Waals surface area (Å²) in [6.45, 7) is 5.95. The third kappa shape index (κ3) is 8.08. The van der Waals surface area contributed by atoms with Gasteiger partial charge in [0, 0.05) is 43.2 Å². The molecule has 0 bridgehead atoms. The molecule has 0 aliphatic carbocycles. The van der Waals surface area contributed by atoms with Crippen molar-refractivity contribution in [3.63, 3.8) is 0 Å². The van der Waals surface area contributed by atoms with Gasteiger partial charge < -0.3 is 10.6 Å². The first-order valence-electron chi connectivity index (χ1n) is 7.95. The van der Waals surface area contributed by atoms with Gasteiger partial charge in [-0.2, -0.15) is 0 Å². The molecule has 4 nitrogen and oxygen atoms in total. The van der Waals surface area contributed by atoms with Gasteiger partial charge in [-0.3, -0.25) is 4.99 Å². The number of guanidine groups is 1. The van der Waals surface area contributed by atoms with Crippen LogP contribution in [0.3, 0.4) is 0 Å². The molecule has 0 fully saturated rings. The molecule has 0 saturated carbocycles. The van der Waals surface area contributed by atoms with Crippen LogP contribution in [0.25, 0.3) is 0 Å². The SMILES string of the molecule is CCNC(=NCCc1ncc(C)s1)NCCc1cc(F)cc(F)c1.I. The Balaban J connectivity index is 0.00000312. The van der Waals surface area contributed by atoms with Crippen molar-refractivity contribution in [2.75, 3.05) is 19.6 Å². The topological polar surface area (TPSA) is 49.3 Å². The van der Waals surface area contributed by atoms with E-state index in [1.54, 1.807) is 11.3 Å². The van der Waals surface area contributed by atoms with E-state index in [1.165, 1.54) is 17.0 Å². The number of aromatic nitrogens is 1. The highest BCUT2D eigenvalue weighted by Gasteiger charge is 2.03. The van der Waals surface area contributed by atoms with Gasteiger partial charge in [-0.1, -0.05) is 0 Å². The Morgan fingerprint density at radius 3 is 2.48 bits per heavy atom. The number of hydrogen-bond donors (Lipinski definition) is 2. The van der Waals surface area contributed by atoms with Crippen molar-refractivity contribution < 1.29 is 8.78 Å². The molecule has 1 aromatic carbocycles. The van der Waals surface area contributed by atoms with Crippen molar-refractivity contribution >= 4 is 41.3 Å². The van der Waals surface area contributed by atoms with Gasteiger partial charge in [0.05, 0.1) is 5.01 Å². The lowest BCUT2D eigenvalue weighted by atomic mass is 10.1. The Hall–Kier alpha value is -1.29. The summed E-state index contributed by atoms with van der Waals surface area (Å²) < 4.78 is 26.3. The van der Waals surface area contributed by atoms with Crippen LogP contribution in [-0.4, -0.2) is 30.6 Å². The van der Waals surface area contributed by atoms with Gasteiger partial charge in [0.15, 0.2) is 5.96 Å². The summed E-state index contributed by atoms with van der Waals surface area (Å²) in [4.78, 5) is 10.0. The minimum atomic E-state index is -0.552. The van der Waals surface area contributed by atoms with Gasteiger partial charge >= 0.3 is 0 Å². The quantitative estimate of drug-likeness (QED) is 0.361. The first-order chi connectivity index (χ1) is 11.6. The molecule has 2 rings (SSSR count). The Labute approximate surface area is 168 Å². The first kappa shape index (κ1) is 21.8. The van der Waals surface area contributed by atoms with Crippen LogP contribution in [0, 0.1) is 18.6 Å². The summed E-state index contributed by atoms with van der Waals surface area (Å²) in [7, 11) is 0. The molecule has 138 valence electrons. The monoisotopic (exact) mass is 480 g/mol. The standard InChI is InChI=1S/C17H22F2N4S.HI/c1-3-20-17(22-7-5-16-23-11-12(2)24-16)21-6-4-13-8-14(18)10-15(19)9-13;/h8-11H,3-7H2,1-2H3,(H2,20,21,22);1H. The molecule has 0 aliphatic heterocycles. The maximum absolute atomic E-state index is 13.2. The molecule has 0 unspecified atom stereocenters. The van der Waals surface area contributed by atoms with Gasteiger partial charge in [-0.05, 0) is 38.0 Å². The zero-order chi connectivity index (χ0) is 17.4. The number of benzene rings is 1. The van der Waals surface area contributed by atoms with Crippen LogP contribution in [0.15, 0.2) is 29.4 Å². The average Bonchev–Trinajstić information content (AvgIpc) is 2.92. The summed E-state index contributed by atoms with van der Waals surface area (Å²) in [6.07, 6.45) is 3.18. The van der Waals surface area contributed by atoms with Crippen molar-refractivity contribution in [3.8, 4) is 0 Å². The highest BCUT2D eigenvalue weighted by atomic mass is 127. The smallest absolute Gasteiger partial charge is 0.191 e. The number of halogens is 3. The molecule has 8 heteroatoms. The molecule has 0 amide bonds. The third-order valence-electron chi connectivity index (χ3n) is 3.24. The second-order valence-corrected chi connectivity index (χ2v) is 6.65. The summed E-state index contributed by atoms with van der Waals surface area (Å²) in [5.74, 6) is -0.406. The highest BCUT2D eigenvalue weighted by molar-refractivity contribution is 14.0. The Morgan fingerprint density at radius 2 is 1.88 bits per heavy atom. The molecule has 0 atom stereocenters. The van der Waals surface area contributed by atoms with Crippen LogP contribution >= 0.6 is 35.3 Å². The van der Waals surface area contributed by atoms with Gasteiger partial charge in [0.25, 0.3) is 0 Å². The van der Waals surface area contributed by atoms with E-state index < -0.39 is 11.6 Å².